The summed E-state index contributed by atoms with van der Waals surface area (Å²) in [5.74, 6) is 0.288. The van der Waals surface area contributed by atoms with Gasteiger partial charge in [0.15, 0.2) is 6.61 Å². The predicted octanol–water partition coefficient (Wildman–Crippen LogP) is 1.08. The van der Waals surface area contributed by atoms with E-state index >= 15 is 0 Å². The number of carbonyl (C=O) groups excluding carboxylic acids is 1. The Morgan fingerprint density at radius 2 is 2.05 bits per heavy atom. The second-order valence-electron chi connectivity index (χ2n) is 5.31. The number of ether oxygens (including phenoxy) is 1. The molecule has 1 aliphatic carbocycles. The van der Waals surface area contributed by atoms with E-state index in [0.717, 1.165) is 25.7 Å². The highest BCUT2D eigenvalue weighted by Gasteiger charge is 2.17. The van der Waals surface area contributed by atoms with Gasteiger partial charge >= 0.3 is 0 Å². The Hall–Kier alpha value is -1.60. The lowest BCUT2D eigenvalue weighted by atomic mass is 10.2. The molecule has 1 fully saturated rings. The normalized spacial score (nSPS) is 15.9. The Labute approximate surface area is 124 Å². The summed E-state index contributed by atoms with van der Waals surface area (Å²) in [4.78, 5) is 11.8. The molecule has 116 valence electrons. The van der Waals surface area contributed by atoms with Crippen LogP contribution >= 0.6 is 0 Å². The van der Waals surface area contributed by atoms with Crippen molar-refractivity contribution in [1.29, 1.82) is 0 Å². The van der Waals surface area contributed by atoms with Gasteiger partial charge in [0.05, 0.1) is 4.90 Å². The Morgan fingerprint density at radius 1 is 1.38 bits per heavy atom. The Balaban J connectivity index is 1.91. The van der Waals surface area contributed by atoms with E-state index in [1.807, 2.05) is 0 Å². The van der Waals surface area contributed by atoms with Crippen molar-refractivity contribution in [3.8, 4) is 5.75 Å². The van der Waals surface area contributed by atoms with Crippen LogP contribution in [0.3, 0.4) is 0 Å². The third-order valence-electron chi connectivity index (χ3n) is 3.54. The minimum atomic E-state index is -3.73. The summed E-state index contributed by atoms with van der Waals surface area (Å²) in [5.41, 5.74) is 0.492. The van der Waals surface area contributed by atoms with Crippen LogP contribution < -0.4 is 15.2 Å². The van der Waals surface area contributed by atoms with Crippen LogP contribution in [0.25, 0.3) is 0 Å². The van der Waals surface area contributed by atoms with Gasteiger partial charge in [-0.15, -0.1) is 0 Å². The van der Waals surface area contributed by atoms with Gasteiger partial charge in [0.2, 0.25) is 10.0 Å². The van der Waals surface area contributed by atoms with Gasteiger partial charge in [0, 0.05) is 6.04 Å². The van der Waals surface area contributed by atoms with Gasteiger partial charge in [-0.05, 0) is 43.5 Å². The van der Waals surface area contributed by atoms with Crippen molar-refractivity contribution in [1.82, 2.24) is 5.32 Å². The molecule has 0 atom stereocenters. The van der Waals surface area contributed by atoms with Crippen molar-refractivity contribution in [2.24, 2.45) is 5.14 Å². The number of hydrogen-bond acceptors (Lipinski definition) is 4. The predicted molar refractivity (Wildman–Crippen MR) is 78.4 cm³/mol. The lowest BCUT2D eigenvalue weighted by molar-refractivity contribution is -0.123. The van der Waals surface area contributed by atoms with E-state index in [1.54, 1.807) is 13.0 Å². The highest BCUT2D eigenvalue weighted by atomic mass is 32.2. The first kappa shape index (κ1) is 15.8. The van der Waals surface area contributed by atoms with E-state index in [4.69, 9.17) is 9.88 Å². The number of rotatable bonds is 5. The van der Waals surface area contributed by atoms with Crippen LogP contribution in [0.4, 0.5) is 0 Å². The molecule has 0 unspecified atom stereocenters. The summed E-state index contributed by atoms with van der Waals surface area (Å²) in [6.45, 7) is 1.55. The Bertz CT molecular complexity index is 622. The molecule has 21 heavy (non-hydrogen) atoms. The number of hydrogen-bond donors (Lipinski definition) is 2. The molecule has 0 aromatic heterocycles. The molecular weight excluding hydrogens is 292 g/mol. The monoisotopic (exact) mass is 312 g/mol. The average Bonchev–Trinajstić information content (AvgIpc) is 2.87. The minimum absolute atomic E-state index is 0.0604. The maximum absolute atomic E-state index is 11.7. The third kappa shape index (κ3) is 4.44. The van der Waals surface area contributed by atoms with Gasteiger partial charge in [-0.3, -0.25) is 4.79 Å². The van der Waals surface area contributed by atoms with Crippen molar-refractivity contribution in [2.45, 2.75) is 43.5 Å². The topological polar surface area (TPSA) is 98.5 Å². The van der Waals surface area contributed by atoms with Crippen molar-refractivity contribution in [2.75, 3.05) is 6.61 Å². The molecule has 0 heterocycles. The minimum Gasteiger partial charge on any atom is -0.484 e. The number of nitrogens with two attached hydrogens (primary N) is 1. The number of primary sulfonamides is 1. The zero-order chi connectivity index (χ0) is 15.5. The first-order valence-electron chi connectivity index (χ1n) is 6.92. The van der Waals surface area contributed by atoms with Crippen LogP contribution in [0, 0.1) is 6.92 Å². The van der Waals surface area contributed by atoms with Gasteiger partial charge in [-0.25, -0.2) is 13.6 Å². The molecule has 0 radical (unpaired) electrons. The van der Waals surface area contributed by atoms with E-state index in [-0.39, 0.29) is 23.5 Å². The first-order chi connectivity index (χ1) is 9.86. The zero-order valence-electron chi connectivity index (χ0n) is 12.0. The molecule has 1 aliphatic rings. The molecule has 0 aliphatic heterocycles. The molecule has 1 aromatic carbocycles. The molecule has 1 aromatic rings. The average molecular weight is 312 g/mol. The fourth-order valence-corrected chi connectivity index (χ4v) is 3.28. The lowest BCUT2D eigenvalue weighted by Crippen LogP contribution is -2.36. The largest absolute Gasteiger partial charge is 0.484 e. The van der Waals surface area contributed by atoms with Gasteiger partial charge in [0.1, 0.15) is 5.75 Å². The third-order valence-corrected chi connectivity index (χ3v) is 4.61. The highest BCUT2D eigenvalue weighted by Crippen LogP contribution is 2.20. The molecule has 3 N–H and O–H groups in total. The van der Waals surface area contributed by atoms with Gasteiger partial charge < -0.3 is 10.1 Å². The second kappa shape index (κ2) is 6.44. The van der Waals surface area contributed by atoms with E-state index in [2.05, 4.69) is 5.32 Å². The van der Waals surface area contributed by atoms with Crippen LogP contribution in [0.5, 0.6) is 5.75 Å². The molecule has 2 rings (SSSR count). The smallest absolute Gasteiger partial charge is 0.258 e. The standard InChI is InChI=1S/C14H20N2O4S/c1-10-8-12(6-7-13(10)21(15,18)19)20-9-14(17)16-11-4-2-3-5-11/h6-8,11H,2-5,9H2,1H3,(H,16,17)(H2,15,18,19). The van der Waals surface area contributed by atoms with Gasteiger partial charge in [0.25, 0.3) is 5.91 Å². The summed E-state index contributed by atoms with van der Waals surface area (Å²) in [6.07, 6.45) is 4.35. The van der Waals surface area contributed by atoms with Crippen LogP contribution in [0.15, 0.2) is 23.1 Å². The fraction of sp³-hybridized carbons (Fsp3) is 0.500. The van der Waals surface area contributed by atoms with Crippen LogP contribution in [-0.4, -0.2) is 27.0 Å². The van der Waals surface area contributed by atoms with Crippen LogP contribution in [0.1, 0.15) is 31.2 Å². The molecule has 0 bridgehead atoms. The van der Waals surface area contributed by atoms with Crippen LogP contribution in [0.2, 0.25) is 0 Å². The number of nitrogens with one attached hydrogen (secondary N) is 1. The number of benzene rings is 1. The summed E-state index contributed by atoms with van der Waals surface area (Å²) >= 11 is 0. The molecule has 1 saturated carbocycles. The van der Waals surface area contributed by atoms with Crippen molar-refractivity contribution >= 4 is 15.9 Å². The number of sulfonamides is 1. The summed E-state index contributed by atoms with van der Waals surface area (Å²) in [7, 11) is -3.73. The molecule has 0 spiro atoms. The van der Waals surface area contributed by atoms with E-state index in [9.17, 15) is 13.2 Å². The fourth-order valence-electron chi connectivity index (χ4n) is 2.52. The Morgan fingerprint density at radius 3 is 2.62 bits per heavy atom. The number of amides is 1. The van der Waals surface area contributed by atoms with Crippen LogP contribution in [-0.2, 0) is 14.8 Å². The van der Waals surface area contributed by atoms with Crippen molar-refractivity contribution < 1.29 is 17.9 Å². The summed E-state index contributed by atoms with van der Waals surface area (Å²) < 4.78 is 28.0. The van der Waals surface area contributed by atoms with E-state index in [0.29, 0.717) is 11.3 Å². The SMILES string of the molecule is Cc1cc(OCC(=O)NC2CCCC2)ccc1S(N)(=O)=O. The van der Waals surface area contributed by atoms with E-state index in [1.165, 1.54) is 12.1 Å². The van der Waals surface area contributed by atoms with Gasteiger partial charge in [-0.2, -0.15) is 0 Å². The molecule has 1 amide bonds. The van der Waals surface area contributed by atoms with Gasteiger partial charge in [-0.1, -0.05) is 12.8 Å². The molecule has 0 saturated heterocycles. The maximum Gasteiger partial charge on any atom is 0.258 e. The summed E-state index contributed by atoms with van der Waals surface area (Å²) in [6, 6.07) is 4.69. The highest BCUT2D eigenvalue weighted by molar-refractivity contribution is 7.89. The molecule has 6 nitrogen and oxygen atoms in total. The first-order valence-corrected chi connectivity index (χ1v) is 8.46. The van der Waals surface area contributed by atoms with E-state index < -0.39 is 10.0 Å². The van der Waals surface area contributed by atoms with Crippen molar-refractivity contribution in [3.05, 3.63) is 23.8 Å². The lowest BCUT2D eigenvalue weighted by Gasteiger charge is -2.13. The maximum atomic E-state index is 11.7. The molecular formula is C14H20N2O4S. The number of carbonyl (C=O) groups is 1. The quantitative estimate of drug-likeness (QED) is 0.850. The number of aryl methyl sites for hydroxylation is 1. The molecule has 7 heteroatoms. The zero-order valence-corrected chi connectivity index (χ0v) is 12.8. The summed E-state index contributed by atoms with van der Waals surface area (Å²) in [5, 5.41) is 8.01. The van der Waals surface area contributed by atoms with Crippen molar-refractivity contribution in [3.63, 3.8) is 0 Å². The second-order valence-corrected chi connectivity index (χ2v) is 6.84. The Kier molecular flexibility index (Phi) is 4.84.